The second-order valence-corrected chi connectivity index (χ2v) is 8.11. The van der Waals surface area contributed by atoms with Crippen LogP contribution in [0.3, 0.4) is 0 Å². The minimum Gasteiger partial charge on any atom is -0.444 e. The summed E-state index contributed by atoms with van der Waals surface area (Å²) < 4.78 is 6.24. The Hall–Kier alpha value is -1.56. The van der Waals surface area contributed by atoms with Crippen LogP contribution in [0.5, 0.6) is 0 Å². The van der Waals surface area contributed by atoms with E-state index >= 15 is 0 Å². The molecule has 2 rings (SSSR count). The number of hydrogen-bond donors (Lipinski definition) is 0. The van der Waals surface area contributed by atoms with Gasteiger partial charge in [0.15, 0.2) is 0 Å². The van der Waals surface area contributed by atoms with Gasteiger partial charge >= 0.3 is 6.09 Å². The van der Waals surface area contributed by atoms with Gasteiger partial charge in [-0.15, -0.1) is 0 Å². The molecule has 6 heteroatoms. The Balaban J connectivity index is 2.05. The predicted octanol–water partition coefficient (Wildman–Crippen LogP) is 3.84. The Morgan fingerprint density at radius 2 is 1.92 bits per heavy atom. The maximum Gasteiger partial charge on any atom is 0.410 e. The summed E-state index contributed by atoms with van der Waals surface area (Å²) in [4.78, 5) is 28.5. The molecule has 1 saturated heterocycles. The third kappa shape index (κ3) is 4.50. The zero-order valence-corrected chi connectivity index (χ0v) is 16.5. The van der Waals surface area contributed by atoms with Gasteiger partial charge in [-0.25, -0.2) is 4.79 Å². The van der Waals surface area contributed by atoms with E-state index < -0.39 is 5.60 Å². The second-order valence-electron chi connectivity index (χ2n) is 7.26. The number of amides is 2. The van der Waals surface area contributed by atoms with E-state index in [-0.39, 0.29) is 18.0 Å². The average molecular weight is 397 g/mol. The molecule has 1 atom stereocenters. The molecule has 0 aliphatic carbocycles. The lowest BCUT2D eigenvalue weighted by Crippen LogP contribution is -2.56. The lowest BCUT2D eigenvalue weighted by Gasteiger charge is -2.40. The second kappa shape index (κ2) is 7.13. The van der Waals surface area contributed by atoms with Crippen molar-refractivity contribution in [2.24, 2.45) is 0 Å². The van der Waals surface area contributed by atoms with Gasteiger partial charge in [0, 0.05) is 30.1 Å². The molecule has 1 aliphatic heterocycles. The number of carbonyl (C=O) groups excluding carboxylic acids is 2. The molecule has 132 valence electrons. The van der Waals surface area contributed by atoms with E-state index in [9.17, 15) is 9.59 Å². The molecule has 24 heavy (non-hydrogen) atoms. The van der Waals surface area contributed by atoms with Gasteiger partial charge < -0.3 is 14.5 Å². The van der Waals surface area contributed by atoms with Gasteiger partial charge in [0.1, 0.15) is 5.60 Å². The SMILES string of the molecule is Cc1ccc(C(=O)N2CCN(C(=O)OC(C)(C)C)[C@@H](C)C2)c(Br)c1. The van der Waals surface area contributed by atoms with Gasteiger partial charge in [0.25, 0.3) is 5.91 Å². The first-order valence-corrected chi connectivity index (χ1v) is 8.93. The van der Waals surface area contributed by atoms with Crippen LogP contribution in [0.4, 0.5) is 4.79 Å². The number of hydrogen-bond acceptors (Lipinski definition) is 3. The van der Waals surface area contributed by atoms with Crippen molar-refractivity contribution in [1.29, 1.82) is 0 Å². The van der Waals surface area contributed by atoms with Crippen LogP contribution in [0.15, 0.2) is 22.7 Å². The van der Waals surface area contributed by atoms with Crippen LogP contribution in [-0.2, 0) is 4.74 Å². The molecule has 0 N–H and O–H groups in total. The minimum atomic E-state index is -0.517. The van der Waals surface area contributed by atoms with E-state index in [1.54, 1.807) is 9.80 Å². The molecule has 1 heterocycles. The van der Waals surface area contributed by atoms with Gasteiger partial charge in [0.05, 0.1) is 5.56 Å². The molecule has 0 saturated carbocycles. The average Bonchev–Trinajstić information content (AvgIpc) is 2.44. The zero-order chi connectivity index (χ0) is 18.1. The van der Waals surface area contributed by atoms with Crippen molar-refractivity contribution in [2.45, 2.75) is 46.3 Å². The smallest absolute Gasteiger partial charge is 0.410 e. The van der Waals surface area contributed by atoms with Crippen molar-refractivity contribution < 1.29 is 14.3 Å². The number of nitrogens with zero attached hydrogens (tertiary/aromatic N) is 2. The highest BCUT2D eigenvalue weighted by Crippen LogP contribution is 2.22. The number of rotatable bonds is 1. The van der Waals surface area contributed by atoms with Crippen LogP contribution < -0.4 is 0 Å². The van der Waals surface area contributed by atoms with E-state index in [0.29, 0.717) is 25.2 Å². The molecular formula is C18H25BrN2O3. The summed E-state index contributed by atoms with van der Waals surface area (Å²) in [5.74, 6) is -0.0161. The Labute approximate surface area is 152 Å². The van der Waals surface area contributed by atoms with Crippen LogP contribution in [0, 0.1) is 6.92 Å². The lowest BCUT2D eigenvalue weighted by molar-refractivity contribution is 0.00197. The van der Waals surface area contributed by atoms with Crippen LogP contribution in [0.25, 0.3) is 0 Å². The van der Waals surface area contributed by atoms with E-state index in [1.807, 2.05) is 52.8 Å². The number of ether oxygens (including phenoxy) is 1. The van der Waals surface area contributed by atoms with Gasteiger partial charge in [-0.05, 0) is 68.2 Å². The fourth-order valence-corrected chi connectivity index (χ4v) is 3.36. The van der Waals surface area contributed by atoms with Gasteiger partial charge in [-0.1, -0.05) is 6.07 Å². The molecule has 0 aromatic heterocycles. The highest BCUT2D eigenvalue weighted by atomic mass is 79.9. The summed E-state index contributed by atoms with van der Waals surface area (Å²) in [7, 11) is 0. The standard InChI is InChI=1S/C18H25BrN2O3/c1-12-6-7-14(15(19)10-12)16(22)20-8-9-21(13(2)11-20)17(23)24-18(3,4)5/h6-7,10,13H,8-9,11H2,1-5H3/t13-/m0/s1. The van der Waals surface area contributed by atoms with E-state index in [0.717, 1.165) is 10.0 Å². The highest BCUT2D eigenvalue weighted by Gasteiger charge is 2.33. The molecule has 1 fully saturated rings. The number of carbonyl (C=O) groups is 2. The first-order valence-electron chi connectivity index (χ1n) is 8.13. The summed E-state index contributed by atoms with van der Waals surface area (Å²) in [6.07, 6.45) is -0.321. The number of piperazine rings is 1. The third-order valence-corrected chi connectivity index (χ3v) is 4.55. The van der Waals surface area contributed by atoms with Gasteiger partial charge in [-0.3, -0.25) is 4.79 Å². The normalized spacial score (nSPS) is 18.5. The molecule has 1 aliphatic rings. The summed E-state index contributed by atoms with van der Waals surface area (Å²) in [6, 6.07) is 5.63. The van der Waals surface area contributed by atoms with Crippen LogP contribution >= 0.6 is 15.9 Å². The van der Waals surface area contributed by atoms with E-state index in [2.05, 4.69) is 15.9 Å². The highest BCUT2D eigenvalue weighted by molar-refractivity contribution is 9.10. The summed E-state index contributed by atoms with van der Waals surface area (Å²) in [6.45, 7) is 11.0. The topological polar surface area (TPSA) is 49.9 Å². The van der Waals surface area contributed by atoms with E-state index in [1.165, 1.54) is 0 Å². The Kier molecular flexibility index (Phi) is 5.58. The van der Waals surface area contributed by atoms with Crippen LogP contribution in [-0.4, -0.2) is 53.1 Å². The molecule has 0 radical (unpaired) electrons. The van der Waals surface area contributed by atoms with Crippen molar-refractivity contribution in [3.8, 4) is 0 Å². The molecule has 1 aromatic rings. The maximum absolute atomic E-state index is 12.7. The molecule has 0 bridgehead atoms. The van der Waals surface area contributed by atoms with Crippen molar-refractivity contribution in [1.82, 2.24) is 9.80 Å². The molecule has 2 amide bonds. The Bertz CT molecular complexity index is 640. The largest absolute Gasteiger partial charge is 0.444 e. The number of aryl methyl sites for hydroxylation is 1. The fraction of sp³-hybridized carbons (Fsp3) is 0.556. The Morgan fingerprint density at radius 3 is 2.46 bits per heavy atom. The summed E-state index contributed by atoms with van der Waals surface area (Å²) in [5.41, 5.74) is 1.23. The van der Waals surface area contributed by atoms with Gasteiger partial charge in [-0.2, -0.15) is 0 Å². The molecule has 0 spiro atoms. The fourth-order valence-electron chi connectivity index (χ4n) is 2.70. The zero-order valence-electron chi connectivity index (χ0n) is 14.9. The summed E-state index contributed by atoms with van der Waals surface area (Å²) >= 11 is 3.47. The molecular weight excluding hydrogens is 372 g/mol. The van der Waals surface area contributed by atoms with Gasteiger partial charge in [0.2, 0.25) is 0 Å². The Morgan fingerprint density at radius 1 is 1.25 bits per heavy atom. The monoisotopic (exact) mass is 396 g/mol. The minimum absolute atomic E-state index is 0.0161. The number of halogens is 1. The van der Waals surface area contributed by atoms with Crippen molar-refractivity contribution in [3.63, 3.8) is 0 Å². The number of benzene rings is 1. The first kappa shape index (κ1) is 18.8. The predicted molar refractivity (Wildman–Crippen MR) is 97.2 cm³/mol. The van der Waals surface area contributed by atoms with Crippen molar-refractivity contribution in [2.75, 3.05) is 19.6 Å². The van der Waals surface area contributed by atoms with E-state index in [4.69, 9.17) is 4.74 Å². The third-order valence-electron chi connectivity index (χ3n) is 3.90. The summed E-state index contributed by atoms with van der Waals surface area (Å²) in [5, 5.41) is 0. The van der Waals surface area contributed by atoms with Crippen LogP contribution in [0.2, 0.25) is 0 Å². The lowest BCUT2D eigenvalue weighted by atomic mass is 10.1. The van der Waals surface area contributed by atoms with Crippen molar-refractivity contribution >= 4 is 27.9 Å². The van der Waals surface area contributed by atoms with Crippen LogP contribution in [0.1, 0.15) is 43.6 Å². The van der Waals surface area contributed by atoms with Crippen molar-refractivity contribution in [3.05, 3.63) is 33.8 Å². The molecule has 5 nitrogen and oxygen atoms in total. The quantitative estimate of drug-likeness (QED) is 0.724. The maximum atomic E-state index is 12.7. The first-order chi connectivity index (χ1) is 11.1. The molecule has 0 unspecified atom stereocenters. The molecule has 1 aromatic carbocycles.